The molecular weight excluding hydrogens is 233 g/mol. The first kappa shape index (κ1) is 12.9. The van der Waals surface area contributed by atoms with Crippen LogP contribution in [0.15, 0.2) is 30.3 Å². The highest BCUT2D eigenvalue weighted by atomic mass is 19.2. The summed E-state index contributed by atoms with van der Waals surface area (Å²) in [4.78, 5) is 11.6. The van der Waals surface area contributed by atoms with E-state index < -0.39 is 6.09 Å². The summed E-state index contributed by atoms with van der Waals surface area (Å²) < 4.78 is 18.8. The molecule has 0 saturated heterocycles. The number of carbonyl (C=O) groups is 1. The number of benzene rings is 1. The third-order valence-electron chi connectivity index (χ3n) is 3.49. The van der Waals surface area contributed by atoms with Crippen molar-refractivity contribution in [1.29, 1.82) is 0 Å². The zero-order chi connectivity index (χ0) is 13.0. The molecule has 1 aromatic rings. The first-order valence-corrected chi connectivity index (χ1v) is 6.34. The lowest BCUT2D eigenvalue weighted by Gasteiger charge is -2.22. The van der Waals surface area contributed by atoms with Crippen molar-refractivity contribution in [2.45, 2.75) is 38.8 Å². The van der Waals surface area contributed by atoms with Crippen molar-refractivity contribution in [2.75, 3.05) is 0 Å². The van der Waals surface area contributed by atoms with Gasteiger partial charge in [0.05, 0.1) is 6.04 Å². The highest BCUT2D eigenvalue weighted by Gasteiger charge is 2.33. The minimum Gasteiger partial charge on any atom is -0.443 e. The number of amides is 1. The number of ether oxygens (including phenoxy) is 1. The van der Waals surface area contributed by atoms with Gasteiger partial charge in [0.2, 0.25) is 0 Å². The molecule has 0 N–H and O–H groups in total. The van der Waals surface area contributed by atoms with Crippen molar-refractivity contribution in [1.82, 2.24) is 5.12 Å². The van der Waals surface area contributed by atoms with Crippen molar-refractivity contribution in [3.8, 4) is 0 Å². The average molecular weight is 251 g/mol. The van der Waals surface area contributed by atoms with Crippen LogP contribution in [-0.4, -0.2) is 17.3 Å². The minimum absolute atomic E-state index is 0.112. The Morgan fingerprint density at radius 2 is 2.11 bits per heavy atom. The second kappa shape index (κ2) is 5.85. The van der Waals surface area contributed by atoms with Crippen LogP contribution < -0.4 is 0 Å². The zero-order valence-electron chi connectivity index (χ0n) is 10.5. The molecule has 1 aliphatic rings. The first-order valence-electron chi connectivity index (χ1n) is 6.34. The number of rotatable bonds is 3. The maximum absolute atomic E-state index is 13.8. The van der Waals surface area contributed by atoms with Gasteiger partial charge in [-0.25, -0.2) is 4.79 Å². The summed E-state index contributed by atoms with van der Waals surface area (Å²) in [6.45, 7) is 2.08. The van der Waals surface area contributed by atoms with Crippen LogP contribution in [0.4, 0.5) is 9.28 Å². The Kier molecular flexibility index (Phi) is 4.18. The number of halogens is 1. The highest BCUT2D eigenvalue weighted by molar-refractivity contribution is 5.66. The number of hydrogen-bond donors (Lipinski definition) is 0. The number of carbonyl (C=O) groups excluding carboxylic acids is 1. The van der Waals surface area contributed by atoms with Crippen LogP contribution in [0.25, 0.3) is 0 Å². The zero-order valence-corrected chi connectivity index (χ0v) is 10.5. The van der Waals surface area contributed by atoms with Gasteiger partial charge < -0.3 is 4.74 Å². The topological polar surface area (TPSA) is 29.5 Å². The van der Waals surface area contributed by atoms with Crippen LogP contribution in [-0.2, 0) is 11.3 Å². The predicted octanol–water partition coefficient (Wildman–Crippen LogP) is 3.70. The van der Waals surface area contributed by atoms with Crippen LogP contribution in [0.3, 0.4) is 0 Å². The highest BCUT2D eigenvalue weighted by Crippen LogP contribution is 2.30. The van der Waals surface area contributed by atoms with Crippen LogP contribution in [0.1, 0.15) is 31.7 Å². The minimum atomic E-state index is -0.877. The van der Waals surface area contributed by atoms with Gasteiger partial charge in [0, 0.05) is 0 Å². The molecule has 4 heteroatoms. The van der Waals surface area contributed by atoms with E-state index in [0.29, 0.717) is 0 Å². The third kappa shape index (κ3) is 3.00. The molecule has 18 heavy (non-hydrogen) atoms. The molecule has 0 bridgehead atoms. The fourth-order valence-corrected chi connectivity index (χ4v) is 2.38. The Morgan fingerprint density at radius 3 is 2.72 bits per heavy atom. The predicted molar refractivity (Wildman–Crippen MR) is 66.4 cm³/mol. The summed E-state index contributed by atoms with van der Waals surface area (Å²) in [5, 5.41) is 0.264. The molecule has 1 amide bonds. The molecule has 0 radical (unpaired) electrons. The third-order valence-corrected chi connectivity index (χ3v) is 3.49. The molecule has 2 atom stereocenters. The van der Waals surface area contributed by atoms with Gasteiger partial charge in [-0.3, -0.25) is 0 Å². The van der Waals surface area contributed by atoms with Crippen molar-refractivity contribution in [3.05, 3.63) is 35.9 Å². The van der Waals surface area contributed by atoms with E-state index in [1.165, 1.54) is 0 Å². The van der Waals surface area contributed by atoms with Gasteiger partial charge in [0.25, 0.3) is 0 Å². The molecular formula is C14H18FNO2. The first-order chi connectivity index (χ1) is 8.68. The van der Waals surface area contributed by atoms with Gasteiger partial charge in [-0.15, -0.1) is 5.12 Å². The Labute approximate surface area is 106 Å². The Morgan fingerprint density at radius 1 is 1.39 bits per heavy atom. The van der Waals surface area contributed by atoms with Crippen molar-refractivity contribution < 1.29 is 14.0 Å². The molecule has 1 saturated carbocycles. The van der Waals surface area contributed by atoms with E-state index in [4.69, 9.17) is 4.74 Å². The van der Waals surface area contributed by atoms with Gasteiger partial charge in [-0.2, -0.15) is 0 Å². The van der Waals surface area contributed by atoms with Crippen molar-refractivity contribution in [2.24, 2.45) is 5.92 Å². The molecule has 1 fully saturated rings. The van der Waals surface area contributed by atoms with E-state index >= 15 is 0 Å². The van der Waals surface area contributed by atoms with E-state index in [9.17, 15) is 9.28 Å². The van der Waals surface area contributed by atoms with Gasteiger partial charge in [-0.1, -0.05) is 48.2 Å². The quantitative estimate of drug-likeness (QED) is 0.767. The van der Waals surface area contributed by atoms with Gasteiger partial charge in [0.15, 0.2) is 0 Å². The standard InChI is InChI=1S/C14H18FNO2/c1-11-6-5-9-13(11)16(15)14(17)18-10-12-7-3-2-4-8-12/h2-4,7-8,11,13H,5-6,9-10H2,1H3. The summed E-state index contributed by atoms with van der Waals surface area (Å²) in [7, 11) is 0. The second-order valence-electron chi connectivity index (χ2n) is 4.83. The largest absolute Gasteiger partial charge is 0.443 e. The normalized spacial score (nSPS) is 22.8. The van der Waals surface area contributed by atoms with Crippen LogP contribution in [0, 0.1) is 5.92 Å². The average Bonchev–Trinajstić information content (AvgIpc) is 2.82. The number of nitrogens with zero attached hydrogens (tertiary/aromatic N) is 1. The Hall–Kier alpha value is -1.58. The van der Waals surface area contributed by atoms with Crippen LogP contribution in [0.5, 0.6) is 0 Å². The monoisotopic (exact) mass is 251 g/mol. The lowest BCUT2D eigenvalue weighted by Crippen LogP contribution is -2.35. The van der Waals surface area contributed by atoms with Gasteiger partial charge in [0.1, 0.15) is 6.61 Å². The fraction of sp³-hybridized carbons (Fsp3) is 0.500. The van der Waals surface area contributed by atoms with E-state index in [-0.39, 0.29) is 23.7 Å². The van der Waals surface area contributed by atoms with Crippen molar-refractivity contribution in [3.63, 3.8) is 0 Å². The smallest absolute Gasteiger partial charge is 0.438 e. The summed E-state index contributed by atoms with van der Waals surface area (Å²) in [6.07, 6.45) is 1.78. The molecule has 1 aliphatic carbocycles. The second-order valence-corrected chi connectivity index (χ2v) is 4.83. The summed E-state index contributed by atoms with van der Waals surface area (Å²) >= 11 is 0. The molecule has 3 nitrogen and oxygen atoms in total. The summed E-state index contributed by atoms with van der Waals surface area (Å²) in [6, 6.07) is 8.95. The Bertz CT molecular complexity index is 396. The summed E-state index contributed by atoms with van der Waals surface area (Å²) in [5.74, 6) is 0.208. The lowest BCUT2D eigenvalue weighted by molar-refractivity contribution is -0.0319. The van der Waals surface area contributed by atoms with Gasteiger partial charge in [-0.05, 0) is 24.3 Å². The molecule has 0 heterocycles. The fourth-order valence-electron chi connectivity index (χ4n) is 2.38. The molecule has 1 aromatic carbocycles. The Balaban J connectivity index is 1.84. The molecule has 0 aliphatic heterocycles. The molecule has 98 valence electrons. The SMILES string of the molecule is CC1CCCC1N(F)C(=O)OCc1ccccc1. The van der Waals surface area contributed by atoms with E-state index in [0.717, 1.165) is 24.8 Å². The maximum atomic E-state index is 13.8. The van der Waals surface area contributed by atoms with Gasteiger partial charge >= 0.3 is 6.09 Å². The molecule has 0 aromatic heterocycles. The maximum Gasteiger partial charge on any atom is 0.438 e. The van der Waals surface area contributed by atoms with E-state index in [2.05, 4.69) is 0 Å². The molecule has 2 unspecified atom stereocenters. The van der Waals surface area contributed by atoms with E-state index in [1.54, 1.807) is 0 Å². The van der Waals surface area contributed by atoms with Crippen LogP contribution >= 0.6 is 0 Å². The van der Waals surface area contributed by atoms with Crippen molar-refractivity contribution >= 4 is 6.09 Å². The molecule has 2 rings (SSSR count). The molecule has 0 spiro atoms. The number of hydrogen-bond acceptors (Lipinski definition) is 2. The van der Waals surface area contributed by atoms with Crippen LogP contribution in [0.2, 0.25) is 0 Å². The summed E-state index contributed by atoms with van der Waals surface area (Å²) in [5.41, 5.74) is 0.860. The lowest BCUT2D eigenvalue weighted by atomic mass is 10.1. The van der Waals surface area contributed by atoms with E-state index in [1.807, 2.05) is 37.3 Å².